The molecule has 0 saturated heterocycles. The van der Waals surface area contributed by atoms with Crippen molar-refractivity contribution in [1.29, 1.82) is 0 Å². The first kappa shape index (κ1) is 9.44. The molecule has 0 spiro atoms. The van der Waals surface area contributed by atoms with Gasteiger partial charge in [-0.15, -0.1) is 11.3 Å². The normalized spacial score (nSPS) is 10.1. The Hall–Kier alpha value is -1.12. The van der Waals surface area contributed by atoms with Crippen molar-refractivity contribution in [3.05, 3.63) is 46.3 Å². The average Bonchev–Trinajstić information content (AvgIpc) is 2.65. The van der Waals surface area contributed by atoms with Crippen LogP contribution in [0.5, 0.6) is 0 Å². The van der Waals surface area contributed by atoms with Gasteiger partial charge < -0.3 is 0 Å². The van der Waals surface area contributed by atoms with Gasteiger partial charge in [0.2, 0.25) is 0 Å². The van der Waals surface area contributed by atoms with Crippen LogP contribution in [0.4, 0.5) is 0 Å². The quantitative estimate of drug-likeness (QED) is 0.705. The van der Waals surface area contributed by atoms with E-state index in [4.69, 9.17) is 11.6 Å². The van der Waals surface area contributed by atoms with Crippen molar-refractivity contribution < 1.29 is 4.79 Å². The number of rotatable bonds is 2. The van der Waals surface area contributed by atoms with E-state index in [1.807, 2.05) is 30.3 Å². The van der Waals surface area contributed by atoms with Gasteiger partial charge in [0.25, 0.3) is 0 Å². The molecule has 0 radical (unpaired) electrons. The molecule has 1 heterocycles. The largest absolute Gasteiger partial charge is 0.298 e. The second kappa shape index (κ2) is 3.95. The standard InChI is InChI=1S/C11H7ClOS/c12-11-5-4-10(14-11)9-3-1-2-8(6-9)7-13/h1-7H. The van der Waals surface area contributed by atoms with E-state index in [2.05, 4.69) is 0 Å². The maximum atomic E-state index is 10.6. The van der Waals surface area contributed by atoms with Crippen LogP contribution in [-0.2, 0) is 0 Å². The summed E-state index contributed by atoms with van der Waals surface area (Å²) in [7, 11) is 0. The molecule has 2 aromatic rings. The van der Waals surface area contributed by atoms with Crippen molar-refractivity contribution in [2.45, 2.75) is 0 Å². The van der Waals surface area contributed by atoms with Crippen LogP contribution in [-0.4, -0.2) is 6.29 Å². The molecule has 0 N–H and O–H groups in total. The van der Waals surface area contributed by atoms with Crippen LogP contribution in [0.3, 0.4) is 0 Å². The summed E-state index contributed by atoms with van der Waals surface area (Å²) in [4.78, 5) is 11.7. The van der Waals surface area contributed by atoms with Crippen molar-refractivity contribution in [3.8, 4) is 10.4 Å². The Morgan fingerprint density at radius 2 is 2.07 bits per heavy atom. The smallest absolute Gasteiger partial charge is 0.150 e. The van der Waals surface area contributed by atoms with Gasteiger partial charge in [-0.2, -0.15) is 0 Å². The molecule has 0 aliphatic rings. The lowest BCUT2D eigenvalue weighted by molar-refractivity contribution is 0.112. The highest BCUT2D eigenvalue weighted by Gasteiger charge is 2.01. The number of hydrogen-bond acceptors (Lipinski definition) is 2. The summed E-state index contributed by atoms with van der Waals surface area (Å²) in [5, 5.41) is 0. The highest BCUT2D eigenvalue weighted by atomic mass is 35.5. The molecule has 0 amide bonds. The lowest BCUT2D eigenvalue weighted by Gasteiger charge is -1.97. The summed E-state index contributed by atoms with van der Waals surface area (Å²) in [6.45, 7) is 0. The molecule has 2 rings (SSSR count). The Kier molecular flexibility index (Phi) is 2.66. The fourth-order valence-electron chi connectivity index (χ4n) is 1.23. The molecule has 70 valence electrons. The van der Waals surface area contributed by atoms with Crippen molar-refractivity contribution in [1.82, 2.24) is 0 Å². The van der Waals surface area contributed by atoms with Gasteiger partial charge in [-0.05, 0) is 23.8 Å². The molecule has 1 nitrogen and oxygen atoms in total. The summed E-state index contributed by atoms with van der Waals surface area (Å²) in [5.41, 5.74) is 1.72. The van der Waals surface area contributed by atoms with Crippen LogP contribution < -0.4 is 0 Å². The Balaban J connectivity index is 2.46. The lowest BCUT2D eigenvalue weighted by Crippen LogP contribution is -1.79. The number of benzene rings is 1. The van der Waals surface area contributed by atoms with Gasteiger partial charge >= 0.3 is 0 Å². The first-order valence-corrected chi connectivity index (χ1v) is 5.30. The van der Waals surface area contributed by atoms with E-state index in [0.29, 0.717) is 5.56 Å². The third-order valence-electron chi connectivity index (χ3n) is 1.88. The lowest BCUT2D eigenvalue weighted by atomic mass is 10.1. The van der Waals surface area contributed by atoms with E-state index < -0.39 is 0 Å². The van der Waals surface area contributed by atoms with Gasteiger partial charge in [0.05, 0.1) is 4.34 Å². The molecule has 1 aromatic heterocycles. The number of hydrogen-bond donors (Lipinski definition) is 0. The molecule has 0 aliphatic carbocycles. The molecule has 0 saturated carbocycles. The van der Waals surface area contributed by atoms with Crippen LogP contribution in [0.2, 0.25) is 4.34 Å². The van der Waals surface area contributed by atoms with Crippen LogP contribution in [0.1, 0.15) is 10.4 Å². The maximum Gasteiger partial charge on any atom is 0.150 e. The Morgan fingerprint density at radius 1 is 1.21 bits per heavy atom. The van der Waals surface area contributed by atoms with Crippen LogP contribution in [0, 0.1) is 0 Å². The number of carbonyl (C=O) groups excluding carboxylic acids is 1. The number of aldehydes is 1. The molecule has 14 heavy (non-hydrogen) atoms. The third-order valence-corrected chi connectivity index (χ3v) is 3.16. The summed E-state index contributed by atoms with van der Waals surface area (Å²) in [6, 6.07) is 11.3. The molecule has 3 heteroatoms. The van der Waals surface area contributed by atoms with Crippen molar-refractivity contribution in [2.75, 3.05) is 0 Å². The van der Waals surface area contributed by atoms with Gasteiger partial charge in [-0.25, -0.2) is 0 Å². The molecule has 0 unspecified atom stereocenters. The molecular formula is C11H7ClOS. The Labute approximate surface area is 91.0 Å². The van der Waals surface area contributed by atoms with Crippen LogP contribution in [0.15, 0.2) is 36.4 Å². The highest BCUT2D eigenvalue weighted by Crippen LogP contribution is 2.30. The topological polar surface area (TPSA) is 17.1 Å². The van der Waals surface area contributed by atoms with E-state index in [-0.39, 0.29) is 0 Å². The molecule has 0 atom stereocenters. The van der Waals surface area contributed by atoms with E-state index in [9.17, 15) is 4.79 Å². The number of thiophene rings is 1. The molecule has 1 aromatic carbocycles. The summed E-state index contributed by atoms with van der Waals surface area (Å²) >= 11 is 7.34. The molecule has 0 fully saturated rings. The van der Waals surface area contributed by atoms with Crippen LogP contribution >= 0.6 is 22.9 Å². The average molecular weight is 223 g/mol. The second-order valence-electron chi connectivity index (χ2n) is 2.85. The summed E-state index contributed by atoms with van der Waals surface area (Å²) in [5.74, 6) is 0. The SMILES string of the molecule is O=Cc1cccc(-c2ccc(Cl)s2)c1. The molecule has 0 bridgehead atoms. The second-order valence-corrected chi connectivity index (χ2v) is 4.56. The van der Waals surface area contributed by atoms with E-state index >= 15 is 0 Å². The van der Waals surface area contributed by atoms with Gasteiger partial charge in [-0.3, -0.25) is 4.79 Å². The monoisotopic (exact) mass is 222 g/mol. The predicted molar refractivity (Wildman–Crippen MR) is 60.2 cm³/mol. The van der Waals surface area contributed by atoms with Gasteiger partial charge in [0, 0.05) is 10.4 Å². The first-order valence-electron chi connectivity index (χ1n) is 4.10. The van der Waals surface area contributed by atoms with Gasteiger partial charge in [-0.1, -0.05) is 29.8 Å². The van der Waals surface area contributed by atoms with Crippen LogP contribution in [0.25, 0.3) is 10.4 Å². The Bertz CT molecular complexity index is 462. The minimum Gasteiger partial charge on any atom is -0.298 e. The van der Waals surface area contributed by atoms with Crippen molar-refractivity contribution >= 4 is 29.2 Å². The zero-order valence-electron chi connectivity index (χ0n) is 7.24. The highest BCUT2D eigenvalue weighted by molar-refractivity contribution is 7.19. The first-order chi connectivity index (χ1) is 6.79. The molecular weight excluding hydrogens is 216 g/mol. The summed E-state index contributed by atoms with van der Waals surface area (Å²) < 4.78 is 0.761. The predicted octanol–water partition coefficient (Wildman–Crippen LogP) is 3.88. The van der Waals surface area contributed by atoms with E-state index in [1.165, 1.54) is 11.3 Å². The Morgan fingerprint density at radius 3 is 2.71 bits per heavy atom. The zero-order valence-corrected chi connectivity index (χ0v) is 8.81. The van der Waals surface area contributed by atoms with Gasteiger partial charge in [0.15, 0.2) is 0 Å². The minimum atomic E-state index is 0.687. The third kappa shape index (κ3) is 1.86. The van der Waals surface area contributed by atoms with Gasteiger partial charge in [0.1, 0.15) is 6.29 Å². The number of halogens is 1. The number of carbonyl (C=O) groups is 1. The zero-order chi connectivity index (χ0) is 9.97. The minimum absolute atomic E-state index is 0.687. The van der Waals surface area contributed by atoms with Crippen molar-refractivity contribution in [3.63, 3.8) is 0 Å². The van der Waals surface area contributed by atoms with Crippen molar-refractivity contribution in [2.24, 2.45) is 0 Å². The fourth-order valence-corrected chi connectivity index (χ4v) is 2.27. The fraction of sp³-hybridized carbons (Fsp3) is 0. The van der Waals surface area contributed by atoms with E-state index in [0.717, 1.165) is 21.1 Å². The molecule has 0 aliphatic heterocycles. The maximum absolute atomic E-state index is 10.6. The summed E-state index contributed by atoms with van der Waals surface area (Å²) in [6.07, 6.45) is 0.846. The van der Waals surface area contributed by atoms with E-state index in [1.54, 1.807) is 6.07 Å².